The third-order valence-corrected chi connectivity index (χ3v) is 4.46. The summed E-state index contributed by atoms with van der Waals surface area (Å²) in [6.45, 7) is 6.31. The van der Waals surface area contributed by atoms with E-state index in [1.165, 1.54) is 0 Å². The first-order valence-electron chi connectivity index (χ1n) is 8.72. The Kier molecular flexibility index (Phi) is 5.89. The Morgan fingerprint density at radius 1 is 1.09 bits per heavy atom. The van der Waals surface area contributed by atoms with Crippen LogP contribution in [-0.4, -0.2) is 52.8 Å². The number of aliphatic hydroxyl groups excluding tert-OH is 1. The van der Waals surface area contributed by atoms with Gasteiger partial charge in [-0.15, -0.1) is 0 Å². The number of carbonyl (C=O) groups excluding carboxylic acids is 2. The molecule has 2 atom stereocenters. The van der Waals surface area contributed by atoms with Crippen LogP contribution in [0.1, 0.15) is 59.3 Å². The molecule has 2 fully saturated rings. The third kappa shape index (κ3) is 5.37. The van der Waals surface area contributed by atoms with Crippen LogP contribution in [0, 0.1) is 5.92 Å². The molecule has 0 bridgehead atoms. The molecule has 0 aromatic rings. The molecule has 6 heteroatoms. The van der Waals surface area contributed by atoms with Crippen molar-refractivity contribution in [3.05, 3.63) is 0 Å². The highest BCUT2D eigenvalue weighted by molar-refractivity contribution is 5.81. The lowest BCUT2D eigenvalue weighted by Crippen LogP contribution is -2.58. The fourth-order valence-electron chi connectivity index (χ4n) is 3.28. The minimum Gasteiger partial charge on any atom is -0.444 e. The maximum atomic E-state index is 12.7. The van der Waals surface area contributed by atoms with E-state index in [1.807, 2.05) is 20.8 Å². The summed E-state index contributed by atoms with van der Waals surface area (Å²) in [5, 5.41) is 12.3. The molecule has 2 amide bonds. The molecule has 0 aromatic heterocycles. The standard InChI is InChI=1S/C17H30N2O4/c1-17(2,3)23-16(22)18-14-9-7-5-4-6-8-13(14)15(21)19-10-12(20)11-19/h12-14,20H,4-11H2,1-3H3,(H,18,22)/t13-,14+/m1/s1. The topological polar surface area (TPSA) is 78.9 Å². The molecule has 0 unspecified atom stereocenters. The number of hydrogen-bond donors (Lipinski definition) is 2. The number of carbonyl (C=O) groups is 2. The van der Waals surface area contributed by atoms with Gasteiger partial charge in [-0.05, 0) is 33.6 Å². The van der Waals surface area contributed by atoms with Crippen LogP contribution in [0.4, 0.5) is 4.79 Å². The number of likely N-dealkylation sites (tertiary alicyclic amines) is 1. The molecular formula is C17H30N2O4. The Hall–Kier alpha value is -1.30. The zero-order valence-corrected chi connectivity index (χ0v) is 14.5. The maximum absolute atomic E-state index is 12.7. The van der Waals surface area contributed by atoms with Gasteiger partial charge in [0.25, 0.3) is 0 Å². The molecule has 1 aliphatic heterocycles. The van der Waals surface area contributed by atoms with E-state index in [-0.39, 0.29) is 17.9 Å². The number of ether oxygens (including phenoxy) is 1. The average molecular weight is 326 g/mol. The number of β-amino-alcohol motifs (C(OH)–C–C–N with tert-alkyl or cyclic N) is 1. The lowest BCUT2D eigenvalue weighted by Gasteiger charge is -2.40. The van der Waals surface area contributed by atoms with E-state index < -0.39 is 17.8 Å². The summed E-state index contributed by atoms with van der Waals surface area (Å²) in [6, 6.07) is -0.185. The van der Waals surface area contributed by atoms with Crippen LogP contribution in [0.15, 0.2) is 0 Å². The van der Waals surface area contributed by atoms with Crippen molar-refractivity contribution in [2.75, 3.05) is 13.1 Å². The van der Waals surface area contributed by atoms with E-state index in [0.29, 0.717) is 13.1 Å². The first kappa shape index (κ1) is 18.0. The van der Waals surface area contributed by atoms with Gasteiger partial charge in [0.1, 0.15) is 5.60 Å². The predicted molar refractivity (Wildman–Crippen MR) is 86.9 cm³/mol. The Bertz CT molecular complexity index is 427. The zero-order chi connectivity index (χ0) is 17.0. The Morgan fingerprint density at radius 3 is 2.26 bits per heavy atom. The summed E-state index contributed by atoms with van der Waals surface area (Å²) in [5.74, 6) is -0.159. The Labute approximate surface area is 138 Å². The number of nitrogens with zero attached hydrogens (tertiary/aromatic N) is 1. The molecule has 0 radical (unpaired) electrons. The molecule has 132 valence electrons. The van der Waals surface area contributed by atoms with E-state index in [9.17, 15) is 14.7 Å². The fourth-order valence-corrected chi connectivity index (χ4v) is 3.28. The van der Waals surface area contributed by atoms with Crippen LogP contribution in [0.2, 0.25) is 0 Å². The molecule has 2 aliphatic rings. The van der Waals surface area contributed by atoms with Gasteiger partial charge in [0, 0.05) is 19.1 Å². The van der Waals surface area contributed by atoms with Gasteiger partial charge in [0.2, 0.25) is 5.91 Å². The predicted octanol–water partition coefficient (Wildman–Crippen LogP) is 2.05. The first-order valence-corrected chi connectivity index (χ1v) is 8.72. The maximum Gasteiger partial charge on any atom is 0.407 e. The van der Waals surface area contributed by atoms with Gasteiger partial charge in [-0.1, -0.05) is 25.7 Å². The second-order valence-corrected chi connectivity index (χ2v) is 7.75. The minimum atomic E-state index is -0.549. The molecule has 0 aromatic carbocycles. The third-order valence-electron chi connectivity index (χ3n) is 4.46. The number of rotatable bonds is 2. The highest BCUT2D eigenvalue weighted by Crippen LogP contribution is 2.26. The smallest absolute Gasteiger partial charge is 0.407 e. The molecule has 2 N–H and O–H groups in total. The van der Waals surface area contributed by atoms with Crippen LogP contribution in [-0.2, 0) is 9.53 Å². The zero-order valence-electron chi connectivity index (χ0n) is 14.5. The summed E-state index contributed by atoms with van der Waals surface area (Å²) < 4.78 is 5.34. The molecule has 23 heavy (non-hydrogen) atoms. The van der Waals surface area contributed by atoms with Gasteiger partial charge in [0.15, 0.2) is 0 Å². The minimum absolute atomic E-state index is 0.0539. The quantitative estimate of drug-likeness (QED) is 0.814. The molecule has 1 aliphatic carbocycles. The van der Waals surface area contributed by atoms with Crippen LogP contribution in [0.25, 0.3) is 0 Å². The number of nitrogens with one attached hydrogen (secondary N) is 1. The molecular weight excluding hydrogens is 296 g/mol. The van der Waals surface area contributed by atoms with Crippen LogP contribution >= 0.6 is 0 Å². The van der Waals surface area contributed by atoms with Crippen molar-refractivity contribution < 1.29 is 19.4 Å². The SMILES string of the molecule is CC(C)(C)OC(=O)N[C@H]1CCCCCC[C@H]1C(=O)N1CC(O)C1. The van der Waals surface area contributed by atoms with Crippen molar-refractivity contribution >= 4 is 12.0 Å². The van der Waals surface area contributed by atoms with E-state index in [4.69, 9.17) is 4.74 Å². The molecule has 1 saturated carbocycles. The van der Waals surface area contributed by atoms with E-state index in [1.54, 1.807) is 4.90 Å². The lowest BCUT2D eigenvalue weighted by atomic mass is 9.85. The number of aliphatic hydroxyl groups is 1. The van der Waals surface area contributed by atoms with Crippen LogP contribution in [0.5, 0.6) is 0 Å². The summed E-state index contributed by atoms with van der Waals surface area (Å²) in [4.78, 5) is 26.5. The lowest BCUT2D eigenvalue weighted by molar-refractivity contribution is -0.147. The summed E-state index contributed by atoms with van der Waals surface area (Å²) in [6.07, 6.45) is 5.00. The van der Waals surface area contributed by atoms with E-state index in [2.05, 4.69) is 5.32 Å². The summed E-state index contributed by atoms with van der Waals surface area (Å²) in [5.41, 5.74) is -0.549. The molecule has 6 nitrogen and oxygen atoms in total. The fraction of sp³-hybridized carbons (Fsp3) is 0.882. The van der Waals surface area contributed by atoms with Crippen molar-refractivity contribution in [3.8, 4) is 0 Å². The largest absolute Gasteiger partial charge is 0.444 e. The molecule has 1 heterocycles. The Balaban J connectivity index is 2.01. The molecule has 1 saturated heterocycles. The monoisotopic (exact) mass is 326 g/mol. The van der Waals surface area contributed by atoms with Crippen molar-refractivity contribution in [2.45, 2.75) is 77.0 Å². The number of alkyl carbamates (subject to hydrolysis) is 1. The van der Waals surface area contributed by atoms with Crippen molar-refractivity contribution in [2.24, 2.45) is 5.92 Å². The van der Waals surface area contributed by atoms with Crippen molar-refractivity contribution in [1.29, 1.82) is 0 Å². The van der Waals surface area contributed by atoms with Gasteiger partial charge in [-0.25, -0.2) is 4.79 Å². The van der Waals surface area contributed by atoms with Gasteiger partial charge in [0.05, 0.1) is 12.0 Å². The molecule has 2 rings (SSSR count). The normalized spacial score (nSPS) is 26.7. The van der Waals surface area contributed by atoms with Crippen molar-refractivity contribution in [1.82, 2.24) is 10.2 Å². The van der Waals surface area contributed by atoms with Crippen LogP contribution < -0.4 is 5.32 Å². The average Bonchev–Trinajstić information content (AvgIpc) is 2.36. The summed E-state index contributed by atoms with van der Waals surface area (Å²) in [7, 11) is 0. The van der Waals surface area contributed by atoms with Crippen molar-refractivity contribution in [3.63, 3.8) is 0 Å². The second kappa shape index (κ2) is 7.51. The highest BCUT2D eigenvalue weighted by atomic mass is 16.6. The second-order valence-electron chi connectivity index (χ2n) is 7.75. The van der Waals surface area contributed by atoms with Gasteiger partial charge in [-0.3, -0.25) is 4.79 Å². The summed E-state index contributed by atoms with van der Waals surface area (Å²) >= 11 is 0. The van der Waals surface area contributed by atoms with Gasteiger partial charge >= 0.3 is 6.09 Å². The number of amides is 2. The first-order chi connectivity index (χ1) is 10.8. The Morgan fingerprint density at radius 2 is 1.70 bits per heavy atom. The highest BCUT2D eigenvalue weighted by Gasteiger charge is 2.38. The van der Waals surface area contributed by atoms with E-state index in [0.717, 1.165) is 38.5 Å². The van der Waals surface area contributed by atoms with E-state index >= 15 is 0 Å². The molecule has 0 spiro atoms. The van der Waals surface area contributed by atoms with Gasteiger partial charge in [-0.2, -0.15) is 0 Å². The number of hydrogen-bond acceptors (Lipinski definition) is 4. The van der Waals surface area contributed by atoms with Gasteiger partial charge < -0.3 is 20.1 Å². The van der Waals surface area contributed by atoms with Crippen LogP contribution in [0.3, 0.4) is 0 Å².